The number of nitrogens with one attached hydrogen (secondary N) is 1. The second-order valence-corrected chi connectivity index (χ2v) is 7.52. The summed E-state index contributed by atoms with van der Waals surface area (Å²) < 4.78 is 24.9. The van der Waals surface area contributed by atoms with Crippen molar-refractivity contribution < 1.29 is 13.2 Å². The van der Waals surface area contributed by atoms with Crippen molar-refractivity contribution in [2.24, 2.45) is 0 Å². The van der Waals surface area contributed by atoms with Crippen LogP contribution in [0.25, 0.3) is 0 Å². The van der Waals surface area contributed by atoms with Crippen molar-refractivity contribution in [1.82, 2.24) is 14.6 Å². The van der Waals surface area contributed by atoms with Crippen LogP contribution in [0.1, 0.15) is 23.2 Å². The third-order valence-electron chi connectivity index (χ3n) is 3.22. The predicted octanol–water partition coefficient (Wildman–Crippen LogP) is 1.54. The second-order valence-electron chi connectivity index (χ2n) is 4.94. The Kier molecular flexibility index (Phi) is 5.08. The van der Waals surface area contributed by atoms with E-state index in [1.54, 1.807) is 4.90 Å². The summed E-state index contributed by atoms with van der Waals surface area (Å²) in [6.07, 6.45) is 3.60. The summed E-state index contributed by atoms with van der Waals surface area (Å²) in [4.78, 5) is 17.8. The number of hydrogen-bond acceptors (Lipinski definition) is 4. The van der Waals surface area contributed by atoms with Crippen LogP contribution >= 0.6 is 23.2 Å². The molecule has 2 rings (SSSR count). The number of halogens is 2. The number of rotatable bonds is 3. The van der Waals surface area contributed by atoms with Crippen LogP contribution in [0, 0.1) is 0 Å². The third-order valence-corrected chi connectivity index (χ3v) is 4.48. The molecule has 1 N–H and O–H groups in total. The van der Waals surface area contributed by atoms with Crippen LogP contribution in [0.4, 0.5) is 0 Å². The van der Waals surface area contributed by atoms with E-state index in [4.69, 9.17) is 23.2 Å². The average molecular weight is 352 g/mol. The SMILES string of the molecule is CS(=O)(=O)NC1CCN(C(=O)c2cc(Cl)ncc2Cl)CC1. The highest BCUT2D eigenvalue weighted by molar-refractivity contribution is 7.88. The van der Waals surface area contributed by atoms with Gasteiger partial charge in [-0.1, -0.05) is 23.2 Å². The zero-order valence-corrected chi connectivity index (χ0v) is 13.7. The lowest BCUT2D eigenvalue weighted by Gasteiger charge is -2.32. The first-order chi connectivity index (χ1) is 9.76. The van der Waals surface area contributed by atoms with Gasteiger partial charge in [-0.2, -0.15) is 0 Å². The molecule has 0 unspecified atom stereocenters. The molecule has 1 saturated heterocycles. The summed E-state index contributed by atoms with van der Waals surface area (Å²) in [5, 5.41) is 0.456. The van der Waals surface area contributed by atoms with Crippen LogP contribution in [-0.2, 0) is 10.0 Å². The van der Waals surface area contributed by atoms with Crippen molar-refractivity contribution in [3.8, 4) is 0 Å². The Morgan fingerprint density at radius 3 is 2.57 bits per heavy atom. The lowest BCUT2D eigenvalue weighted by atomic mass is 10.1. The number of amides is 1. The van der Waals surface area contributed by atoms with Gasteiger partial charge in [0.25, 0.3) is 5.91 Å². The molecule has 1 aromatic heterocycles. The molecule has 0 radical (unpaired) electrons. The molecule has 1 aromatic rings. The number of likely N-dealkylation sites (tertiary alicyclic amines) is 1. The summed E-state index contributed by atoms with van der Waals surface area (Å²) in [5.41, 5.74) is 0.311. The summed E-state index contributed by atoms with van der Waals surface area (Å²) in [5.74, 6) is -0.220. The Bertz CT molecular complexity index is 643. The number of piperidine rings is 1. The van der Waals surface area contributed by atoms with Crippen molar-refractivity contribution in [1.29, 1.82) is 0 Å². The minimum atomic E-state index is -3.23. The molecule has 0 atom stereocenters. The van der Waals surface area contributed by atoms with Crippen LogP contribution in [0.15, 0.2) is 12.3 Å². The maximum atomic E-state index is 12.4. The molecule has 0 spiro atoms. The van der Waals surface area contributed by atoms with E-state index in [0.717, 1.165) is 6.26 Å². The zero-order valence-electron chi connectivity index (χ0n) is 11.3. The normalized spacial score (nSPS) is 17.0. The number of sulfonamides is 1. The quantitative estimate of drug-likeness (QED) is 0.837. The number of carbonyl (C=O) groups excluding carboxylic acids is 1. The smallest absolute Gasteiger partial charge is 0.255 e. The fourth-order valence-corrected chi connectivity index (χ4v) is 3.43. The Morgan fingerprint density at radius 2 is 2.00 bits per heavy atom. The summed E-state index contributed by atoms with van der Waals surface area (Å²) in [6.45, 7) is 0.921. The minimum absolute atomic E-state index is 0.138. The highest BCUT2D eigenvalue weighted by Crippen LogP contribution is 2.22. The fraction of sp³-hybridized carbons (Fsp3) is 0.500. The van der Waals surface area contributed by atoms with Crippen molar-refractivity contribution in [2.45, 2.75) is 18.9 Å². The van der Waals surface area contributed by atoms with Gasteiger partial charge in [-0.25, -0.2) is 18.1 Å². The number of nitrogens with zero attached hydrogens (tertiary/aromatic N) is 2. The molecule has 0 bridgehead atoms. The van der Waals surface area contributed by atoms with Gasteiger partial charge in [0.1, 0.15) is 5.15 Å². The maximum Gasteiger partial charge on any atom is 0.255 e. The van der Waals surface area contributed by atoms with Crippen molar-refractivity contribution in [2.75, 3.05) is 19.3 Å². The van der Waals surface area contributed by atoms with Gasteiger partial charge in [-0.05, 0) is 18.9 Å². The molecule has 21 heavy (non-hydrogen) atoms. The van der Waals surface area contributed by atoms with Gasteiger partial charge in [0.05, 0.1) is 16.8 Å². The van der Waals surface area contributed by atoms with E-state index in [9.17, 15) is 13.2 Å². The van der Waals surface area contributed by atoms with Crippen LogP contribution < -0.4 is 4.72 Å². The van der Waals surface area contributed by atoms with E-state index in [1.807, 2.05) is 0 Å². The van der Waals surface area contributed by atoms with Gasteiger partial charge >= 0.3 is 0 Å². The van der Waals surface area contributed by atoms with Gasteiger partial charge in [0.2, 0.25) is 10.0 Å². The summed E-state index contributed by atoms with van der Waals surface area (Å²) >= 11 is 11.7. The zero-order chi connectivity index (χ0) is 15.6. The van der Waals surface area contributed by atoms with E-state index in [0.29, 0.717) is 31.5 Å². The molecule has 2 heterocycles. The maximum absolute atomic E-state index is 12.4. The first kappa shape index (κ1) is 16.5. The standard InChI is InChI=1S/C12H15Cl2N3O3S/c1-21(19,20)16-8-2-4-17(5-3-8)12(18)9-6-11(14)15-7-10(9)13/h6-8,16H,2-5H2,1H3. The van der Waals surface area contributed by atoms with Gasteiger partial charge in [0.15, 0.2) is 0 Å². The molecule has 6 nitrogen and oxygen atoms in total. The number of aromatic nitrogens is 1. The molecule has 0 aromatic carbocycles. The number of hydrogen-bond donors (Lipinski definition) is 1. The lowest BCUT2D eigenvalue weighted by molar-refractivity contribution is 0.0711. The number of pyridine rings is 1. The molecule has 1 aliphatic rings. The molecule has 1 fully saturated rings. The minimum Gasteiger partial charge on any atom is -0.338 e. The monoisotopic (exact) mass is 351 g/mol. The van der Waals surface area contributed by atoms with E-state index >= 15 is 0 Å². The van der Waals surface area contributed by atoms with Crippen molar-refractivity contribution in [3.05, 3.63) is 28.0 Å². The van der Waals surface area contributed by atoms with Gasteiger partial charge in [-0.3, -0.25) is 4.79 Å². The third kappa shape index (κ3) is 4.54. The first-order valence-corrected chi connectivity index (χ1v) is 8.98. The Morgan fingerprint density at radius 1 is 1.38 bits per heavy atom. The van der Waals surface area contributed by atoms with Crippen molar-refractivity contribution in [3.63, 3.8) is 0 Å². The largest absolute Gasteiger partial charge is 0.338 e. The molecule has 1 aliphatic heterocycles. The average Bonchev–Trinajstić information content (AvgIpc) is 2.40. The number of carbonyl (C=O) groups is 1. The van der Waals surface area contributed by atoms with Crippen LogP contribution in [0.3, 0.4) is 0 Å². The summed E-state index contributed by atoms with van der Waals surface area (Å²) in [6, 6.07) is 1.30. The van der Waals surface area contributed by atoms with Crippen LogP contribution in [-0.4, -0.2) is 49.6 Å². The second kappa shape index (κ2) is 6.48. The van der Waals surface area contributed by atoms with Crippen LogP contribution in [0.2, 0.25) is 10.2 Å². The van der Waals surface area contributed by atoms with Gasteiger partial charge in [-0.15, -0.1) is 0 Å². The first-order valence-electron chi connectivity index (χ1n) is 6.34. The Labute approximate surface area is 133 Å². The Balaban J connectivity index is 2.02. The fourth-order valence-electron chi connectivity index (χ4n) is 2.25. The highest BCUT2D eigenvalue weighted by Gasteiger charge is 2.26. The molecule has 9 heteroatoms. The van der Waals surface area contributed by atoms with Gasteiger partial charge in [0, 0.05) is 25.3 Å². The lowest BCUT2D eigenvalue weighted by Crippen LogP contribution is -2.46. The molecule has 1 amide bonds. The van der Waals surface area contributed by atoms with E-state index in [-0.39, 0.29) is 22.1 Å². The highest BCUT2D eigenvalue weighted by atomic mass is 35.5. The van der Waals surface area contributed by atoms with E-state index < -0.39 is 10.0 Å². The van der Waals surface area contributed by atoms with Crippen molar-refractivity contribution >= 4 is 39.1 Å². The predicted molar refractivity (Wildman–Crippen MR) is 81.2 cm³/mol. The molecular weight excluding hydrogens is 337 g/mol. The van der Waals surface area contributed by atoms with E-state index in [2.05, 4.69) is 9.71 Å². The molecule has 0 aliphatic carbocycles. The van der Waals surface area contributed by atoms with E-state index in [1.165, 1.54) is 12.3 Å². The molecule has 116 valence electrons. The van der Waals surface area contributed by atoms with Gasteiger partial charge < -0.3 is 4.90 Å². The summed E-state index contributed by atoms with van der Waals surface area (Å²) in [7, 11) is -3.23. The van der Waals surface area contributed by atoms with Crippen LogP contribution in [0.5, 0.6) is 0 Å². The molecule has 0 saturated carbocycles. The molecular formula is C12H15Cl2N3O3S. The topological polar surface area (TPSA) is 79.4 Å². The Hall–Kier alpha value is -0.890.